The predicted molar refractivity (Wildman–Crippen MR) is 79.9 cm³/mol. The summed E-state index contributed by atoms with van der Waals surface area (Å²) in [4.78, 5) is 2.23. The molecule has 0 radical (unpaired) electrons. The molecule has 0 spiro atoms. The number of benzene rings is 1. The van der Waals surface area contributed by atoms with E-state index in [4.69, 9.17) is 0 Å². The van der Waals surface area contributed by atoms with Crippen molar-refractivity contribution in [3.05, 3.63) is 47.3 Å². The van der Waals surface area contributed by atoms with Crippen molar-refractivity contribution in [1.82, 2.24) is 15.1 Å². The third kappa shape index (κ3) is 3.43. The van der Waals surface area contributed by atoms with E-state index in [9.17, 15) is 10.2 Å². The molecule has 0 aliphatic carbocycles. The summed E-state index contributed by atoms with van der Waals surface area (Å²) < 4.78 is 0. The fraction of sp³-hybridized carbons (Fsp3) is 0.438. The molecular formula is C16H21N3O2. The molecule has 0 bridgehead atoms. The van der Waals surface area contributed by atoms with Crippen LogP contribution in [-0.4, -0.2) is 44.5 Å². The number of nitrogens with one attached hydrogen (secondary N) is 1. The van der Waals surface area contributed by atoms with Crippen LogP contribution in [0.25, 0.3) is 0 Å². The summed E-state index contributed by atoms with van der Waals surface area (Å²) in [7, 11) is 0. The van der Waals surface area contributed by atoms with E-state index in [1.807, 2.05) is 25.1 Å². The number of phenolic OH excluding ortho intramolecular Hbond substituents is 1. The molecule has 21 heavy (non-hydrogen) atoms. The van der Waals surface area contributed by atoms with Crippen LogP contribution in [0.15, 0.2) is 30.3 Å². The third-order valence-electron chi connectivity index (χ3n) is 4.03. The van der Waals surface area contributed by atoms with Gasteiger partial charge in [-0.2, -0.15) is 5.10 Å². The van der Waals surface area contributed by atoms with Crippen molar-refractivity contribution in [1.29, 1.82) is 0 Å². The van der Waals surface area contributed by atoms with E-state index in [0.717, 1.165) is 36.5 Å². The first-order chi connectivity index (χ1) is 10.1. The van der Waals surface area contributed by atoms with Crippen LogP contribution in [0.2, 0.25) is 0 Å². The number of phenols is 1. The molecule has 0 amide bonds. The normalized spacial score (nSPS) is 22.8. The van der Waals surface area contributed by atoms with E-state index >= 15 is 0 Å². The van der Waals surface area contributed by atoms with Gasteiger partial charge in [-0.15, -0.1) is 0 Å². The molecule has 0 saturated carbocycles. The van der Waals surface area contributed by atoms with E-state index in [1.165, 1.54) is 0 Å². The van der Waals surface area contributed by atoms with Gasteiger partial charge >= 0.3 is 0 Å². The molecule has 1 aliphatic rings. The molecule has 112 valence electrons. The Labute approximate surface area is 124 Å². The minimum atomic E-state index is -0.320. The second-order valence-electron chi connectivity index (χ2n) is 5.94. The van der Waals surface area contributed by atoms with E-state index in [2.05, 4.69) is 15.1 Å². The van der Waals surface area contributed by atoms with Gasteiger partial charge < -0.3 is 10.2 Å². The van der Waals surface area contributed by atoms with Crippen LogP contribution in [0.1, 0.15) is 17.0 Å². The summed E-state index contributed by atoms with van der Waals surface area (Å²) >= 11 is 0. The highest BCUT2D eigenvalue weighted by Gasteiger charge is 2.31. The SMILES string of the molecule is Cc1cc(C[C@@H]2CN(Cc3cccc(O)c3)C[C@H]2O)n[nH]1. The molecule has 1 fully saturated rings. The smallest absolute Gasteiger partial charge is 0.115 e. The van der Waals surface area contributed by atoms with Crippen molar-refractivity contribution in [3.63, 3.8) is 0 Å². The summed E-state index contributed by atoms with van der Waals surface area (Å²) in [6.07, 6.45) is 0.474. The van der Waals surface area contributed by atoms with Gasteiger partial charge in [0.1, 0.15) is 5.75 Å². The van der Waals surface area contributed by atoms with Crippen LogP contribution in [0, 0.1) is 12.8 Å². The van der Waals surface area contributed by atoms with Crippen LogP contribution < -0.4 is 0 Å². The summed E-state index contributed by atoms with van der Waals surface area (Å²) in [6.45, 7) is 4.25. The first-order valence-corrected chi connectivity index (χ1v) is 7.29. The minimum Gasteiger partial charge on any atom is -0.508 e. The molecule has 1 aromatic heterocycles. The summed E-state index contributed by atoms with van der Waals surface area (Å²) in [6, 6.07) is 9.32. The highest BCUT2D eigenvalue weighted by atomic mass is 16.3. The van der Waals surface area contributed by atoms with Gasteiger partial charge in [0.2, 0.25) is 0 Å². The molecule has 1 saturated heterocycles. The zero-order valence-electron chi connectivity index (χ0n) is 12.2. The molecule has 1 aromatic carbocycles. The largest absolute Gasteiger partial charge is 0.508 e. The Morgan fingerprint density at radius 3 is 2.90 bits per heavy atom. The van der Waals surface area contributed by atoms with Crippen molar-refractivity contribution < 1.29 is 10.2 Å². The van der Waals surface area contributed by atoms with Gasteiger partial charge in [0.25, 0.3) is 0 Å². The molecule has 3 rings (SSSR count). The Morgan fingerprint density at radius 1 is 1.33 bits per heavy atom. The Balaban J connectivity index is 1.60. The van der Waals surface area contributed by atoms with Crippen molar-refractivity contribution in [2.24, 2.45) is 5.92 Å². The quantitative estimate of drug-likeness (QED) is 0.796. The van der Waals surface area contributed by atoms with Gasteiger partial charge in [-0.25, -0.2) is 0 Å². The lowest BCUT2D eigenvalue weighted by Crippen LogP contribution is -2.21. The molecule has 5 nitrogen and oxygen atoms in total. The molecule has 2 atom stereocenters. The van der Waals surface area contributed by atoms with E-state index in [0.29, 0.717) is 6.54 Å². The van der Waals surface area contributed by atoms with E-state index in [-0.39, 0.29) is 17.8 Å². The number of β-amino-alcohol motifs (C(OH)–C–C–N with tert-alkyl or cyclic N) is 1. The van der Waals surface area contributed by atoms with Gasteiger partial charge in [0.15, 0.2) is 0 Å². The van der Waals surface area contributed by atoms with Gasteiger partial charge in [-0.1, -0.05) is 12.1 Å². The lowest BCUT2D eigenvalue weighted by molar-refractivity contribution is 0.140. The van der Waals surface area contributed by atoms with E-state index < -0.39 is 0 Å². The van der Waals surface area contributed by atoms with Crippen LogP contribution in [0.4, 0.5) is 0 Å². The maximum absolute atomic E-state index is 10.2. The van der Waals surface area contributed by atoms with Gasteiger partial charge in [-0.05, 0) is 37.1 Å². The topological polar surface area (TPSA) is 72.4 Å². The minimum absolute atomic E-state index is 0.213. The number of aromatic amines is 1. The number of aryl methyl sites for hydroxylation is 1. The second kappa shape index (κ2) is 5.87. The van der Waals surface area contributed by atoms with Crippen LogP contribution in [0.3, 0.4) is 0 Å². The highest BCUT2D eigenvalue weighted by molar-refractivity contribution is 5.27. The summed E-state index contributed by atoms with van der Waals surface area (Å²) in [5.74, 6) is 0.501. The number of aliphatic hydroxyl groups is 1. The molecule has 1 aliphatic heterocycles. The number of hydrogen-bond donors (Lipinski definition) is 3. The van der Waals surface area contributed by atoms with Crippen molar-refractivity contribution in [2.45, 2.75) is 26.0 Å². The predicted octanol–water partition coefficient (Wildman–Crippen LogP) is 1.46. The van der Waals surface area contributed by atoms with Crippen molar-refractivity contribution >= 4 is 0 Å². The van der Waals surface area contributed by atoms with Crippen molar-refractivity contribution in [3.8, 4) is 5.75 Å². The molecule has 5 heteroatoms. The first-order valence-electron chi connectivity index (χ1n) is 7.29. The van der Waals surface area contributed by atoms with Crippen molar-refractivity contribution in [2.75, 3.05) is 13.1 Å². The Bertz CT molecular complexity index is 611. The molecular weight excluding hydrogens is 266 g/mol. The number of aliphatic hydroxyl groups excluding tert-OH is 1. The average Bonchev–Trinajstić information content (AvgIpc) is 2.97. The van der Waals surface area contributed by atoms with Gasteiger partial charge in [0.05, 0.1) is 11.8 Å². The Morgan fingerprint density at radius 2 is 2.19 bits per heavy atom. The maximum atomic E-state index is 10.2. The molecule has 0 unspecified atom stereocenters. The number of hydrogen-bond acceptors (Lipinski definition) is 4. The second-order valence-corrected chi connectivity index (χ2v) is 5.94. The summed E-state index contributed by atoms with van der Waals surface area (Å²) in [5.41, 5.74) is 3.13. The van der Waals surface area contributed by atoms with Crippen LogP contribution in [0.5, 0.6) is 5.75 Å². The fourth-order valence-corrected chi connectivity index (χ4v) is 3.03. The Kier molecular flexibility index (Phi) is 3.94. The number of H-pyrrole nitrogens is 1. The number of aromatic hydroxyl groups is 1. The molecule has 2 heterocycles. The molecule has 3 N–H and O–H groups in total. The Hall–Kier alpha value is -1.85. The number of aromatic nitrogens is 2. The van der Waals surface area contributed by atoms with Crippen LogP contribution >= 0.6 is 0 Å². The average molecular weight is 287 g/mol. The highest BCUT2D eigenvalue weighted by Crippen LogP contribution is 2.23. The monoisotopic (exact) mass is 287 g/mol. The number of nitrogens with zero attached hydrogens (tertiary/aromatic N) is 2. The fourth-order valence-electron chi connectivity index (χ4n) is 3.03. The lowest BCUT2D eigenvalue weighted by Gasteiger charge is -2.15. The lowest BCUT2D eigenvalue weighted by atomic mass is 10.0. The van der Waals surface area contributed by atoms with Crippen LogP contribution in [-0.2, 0) is 13.0 Å². The zero-order chi connectivity index (χ0) is 14.8. The standard InChI is InChI=1S/C16H21N3O2/c1-11-5-14(18-17-11)7-13-9-19(10-16(13)21)8-12-3-2-4-15(20)6-12/h2-6,13,16,20-21H,7-10H2,1H3,(H,17,18)/t13-,16-/m1/s1. The number of rotatable bonds is 4. The number of likely N-dealkylation sites (tertiary alicyclic amines) is 1. The zero-order valence-corrected chi connectivity index (χ0v) is 12.2. The van der Waals surface area contributed by atoms with Gasteiger partial charge in [-0.3, -0.25) is 10.00 Å². The maximum Gasteiger partial charge on any atom is 0.115 e. The summed E-state index contributed by atoms with van der Waals surface area (Å²) in [5, 5.41) is 26.9. The third-order valence-corrected chi connectivity index (χ3v) is 4.03. The first kappa shape index (κ1) is 14.1. The van der Waals surface area contributed by atoms with E-state index in [1.54, 1.807) is 12.1 Å². The molecule has 2 aromatic rings. The van der Waals surface area contributed by atoms with Gasteiger partial charge in [0, 0.05) is 31.2 Å².